The number of hydroxylamine groups is 1. The molecule has 0 bridgehead atoms. The number of amides is 1. The number of aromatic nitrogens is 1. The maximum Gasteiger partial charge on any atom is 0.268 e. The molecule has 0 aliphatic rings. The highest BCUT2D eigenvalue weighted by Gasteiger charge is 2.45. The molecule has 0 aliphatic heterocycles. The molecular weight excluding hydrogens is 375 g/mol. The van der Waals surface area contributed by atoms with Gasteiger partial charge in [-0.3, -0.25) is 14.8 Å². The molecular formula is C18H19FN2O5S. The van der Waals surface area contributed by atoms with Crippen LogP contribution in [0, 0.1) is 5.82 Å². The zero-order valence-corrected chi connectivity index (χ0v) is 15.4. The lowest BCUT2D eigenvalue weighted by atomic mass is 10.0. The maximum absolute atomic E-state index is 14.5. The van der Waals surface area contributed by atoms with Crippen LogP contribution in [-0.4, -0.2) is 35.1 Å². The van der Waals surface area contributed by atoms with Crippen molar-refractivity contribution in [2.45, 2.75) is 17.7 Å². The number of nitrogens with zero attached hydrogens (tertiary/aromatic N) is 1. The highest BCUT2D eigenvalue weighted by molar-refractivity contribution is 7.93. The number of pyridine rings is 1. The SMILES string of the molecule is C=C[C@@](CCn1cc(F)c(-c2ccccc2)cc1=O)(C(=O)NO)S(C)(=O)=O. The van der Waals surface area contributed by atoms with E-state index in [0.717, 1.165) is 29.2 Å². The number of benzene rings is 1. The van der Waals surface area contributed by atoms with Crippen LogP contribution in [0.4, 0.5) is 4.39 Å². The number of sulfone groups is 1. The van der Waals surface area contributed by atoms with Crippen LogP contribution >= 0.6 is 0 Å². The average Bonchev–Trinajstić information content (AvgIpc) is 2.64. The fourth-order valence-corrected chi connectivity index (χ4v) is 3.90. The molecule has 0 saturated heterocycles. The van der Waals surface area contributed by atoms with E-state index in [4.69, 9.17) is 5.21 Å². The molecule has 1 amide bonds. The van der Waals surface area contributed by atoms with Crippen molar-refractivity contribution in [1.29, 1.82) is 0 Å². The van der Waals surface area contributed by atoms with Gasteiger partial charge in [0.05, 0.1) is 0 Å². The summed E-state index contributed by atoms with van der Waals surface area (Å²) < 4.78 is 37.5. The van der Waals surface area contributed by atoms with Crippen LogP contribution in [0.15, 0.2) is 60.0 Å². The quantitative estimate of drug-likeness (QED) is 0.421. The molecule has 1 aromatic heterocycles. The molecule has 144 valence electrons. The summed E-state index contributed by atoms with van der Waals surface area (Å²) in [6.07, 6.45) is 2.24. The Labute approximate surface area is 155 Å². The van der Waals surface area contributed by atoms with Gasteiger partial charge in [-0.15, -0.1) is 6.58 Å². The fourth-order valence-electron chi connectivity index (χ4n) is 2.75. The number of nitrogens with one attached hydrogen (secondary N) is 1. The number of hydrogen-bond acceptors (Lipinski definition) is 5. The summed E-state index contributed by atoms with van der Waals surface area (Å²) in [7, 11) is -4.03. The molecule has 0 saturated carbocycles. The summed E-state index contributed by atoms with van der Waals surface area (Å²) in [4.78, 5) is 24.3. The van der Waals surface area contributed by atoms with Crippen molar-refractivity contribution in [3.63, 3.8) is 0 Å². The van der Waals surface area contributed by atoms with E-state index >= 15 is 0 Å². The molecule has 7 nitrogen and oxygen atoms in total. The van der Waals surface area contributed by atoms with Gasteiger partial charge >= 0.3 is 0 Å². The molecule has 0 unspecified atom stereocenters. The Balaban J connectivity index is 2.40. The monoisotopic (exact) mass is 394 g/mol. The van der Waals surface area contributed by atoms with Crippen molar-refractivity contribution in [3.05, 3.63) is 71.4 Å². The van der Waals surface area contributed by atoms with Crippen molar-refractivity contribution >= 4 is 15.7 Å². The fraction of sp³-hybridized carbons (Fsp3) is 0.222. The number of carbonyl (C=O) groups is 1. The Kier molecular flexibility index (Phi) is 5.97. The lowest BCUT2D eigenvalue weighted by Gasteiger charge is -2.26. The minimum absolute atomic E-state index is 0.114. The largest absolute Gasteiger partial charge is 0.312 e. The van der Waals surface area contributed by atoms with Crippen LogP contribution in [0.25, 0.3) is 11.1 Å². The van der Waals surface area contributed by atoms with Crippen molar-refractivity contribution in [2.75, 3.05) is 6.26 Å². The molecule has 1 heterocycles. The number of carbonyl (C=O) groups excluding carboxylic acids is 1. The first-order valence-electron chi connectivity index (χ1n) is 7.89. The second-order valence-corrected chi connectivity index (χ2v) is 8.26. The Hall–Kier alpha value is -2.78. The van der Waals surface area contributed by atoms with Gasteiger partial charge in [0, 0.05) is 30.6 Å². The second kappa shape index (κ2) is 7.85. The Bertz CT molecular complexity index is 1020. The van der Waals surface area contributed by atoms with Gasteiger partial charge in [-0.1, -0.05) is 36.4 Å². The lowest BCUT2D eigenvalue weighted by molar-refractivity contribution is -0.130. The van der Waals surface area contributed by atoms with Crippen molar-refractivity contribution in [2.24, 2.45) is 0 Å². The van der Waals surface area contributed by atoms with Crippen LogP contribution in [0.3, 0.4) is 0 Å². The third kappa shape index (κ3) is 3.99. The van der Waals surface area contributed by atoms with Crippen molar-refractivity contribution in [1.82, 2.24) is 10.0 Å². The number of halogens is 1. The van der Waals surface area contributed by atoms with Gasteiger partial charge in [0.25, 0.3) is 11.5 Å². The van der Waals surface area contributed by atoms with Crippen LogP contribution in [0.1, 0.15) is 6.42 Å². The Morgan fingerprint density at radius 2 is 2.00 bits per heavy atom. The summed E-state index contributed by atoms with van der Waals surface area (Å²) in [5.74, 6) is -1.87. The third-order valence-corrected chi connectivity index (χ3v) is 6.24. The van der Waals surface area contributed by atoms with E-state index in [9.17, 15) is 22.4 Å². The highest BCUT2D eigenvalue weighted by atomic mass is 32.2. The van der Waals surface area contributed by atoms with Crippen molar-refractivity contribution in [3.8, 4) is 11.1 Å². The molecule has 27 heavy (non-hydrogen) atoms. The van der Waals surface area contributed by atoms with Crippen LogP contribution in [0.2, 0.25) is 0 Å². The first-order valence-corrected chi connectivity index (χ1v) is 9.78. The first kappa shape index (κ1) is 20.5. The van der Waals surface area contributed by atoms with Gasteiger partial charge < -0.3 is 4.57 Å². The van der Waals surface area contributed by atoms with E-state index in [1.165, 1.54) is 5.48 Å². The molecule has 2 aromatic rings. The van der Waals surface area contributed by atoms with E-state index in [2.05, 4.69) is 6.58 Å². The molecule has 0 aliphatic carbocycles. The zero-order chi connectivity index (χ0) is 20.2. The molecule has 1 atom stereocenters. The smallest absolute Gasteiger partial charge is 0.268 e. The number of rotatable bonds is 7. The predicted molar refractivity (Wildman–Crippen MR) is 98.4 cm³/mol. The topological polar surface area (TPSA) is 105 Å². The third-order valence-electron chi connectivity index (χ3n) is 4.36. The summed E-state index contributed by atoms with van der Waals surface area (Å²) in [6, 6.07) is 9.58. The summed E-state index contributed by atoms with van der Waals surface area (Å²) >= 11 is 0. The van der Waals surface area contributed by atoms with Gasteiger partial charge in [-0.2, -0.15) is 0 Å². The molecule has 0 radical (unpaired) electrons. The van der Waals surface area contributed by atoms with E-state index in [-0.39, 0.29) is 12.1 Å². The molecule has 1 aromatic carbocycles. The predicted octanol–water partition coefficient (Wildman–Crippen LogP) is 1.52. The first-order chi connectivity index (χ1) is 12.7. The normalized spacial score (nSPS) is 13.6. The molecule has 2 rings (SSSR count). The zero-order valence-electron chi connectivity index (χ0n) is 14.6. The average molecular weight is 394 g/mol. The van der Waals surface area contributed by atoms with E-state index in [1.54, 1.807) is 30.3 Å². The Morgan fingerprint density at radius 1 is 1.37 bits per heavy atom. The minimum Gasteiger partial charge on any atom is -0.312 e. The summed E-state index contributed by atoms with van der Waals surface area (Å²) in [5, 5.41) is 8.88. The standard InChI is InChI=1S/C18H19FN2O5S/c1-3-18(17(23)20-24,27(2,25)26)9-10-21-12-15(19)14(11-16(21)22)13-7-5-4-6-8-13/h3-8,11-12,24H,1,9-10H2,2H3,(H,20,23)/t18-/m1/s1. The van der Waals surface area contributed by atoms with E-state index in [0.29, 0.717) is 5.56 Å². The van der Waals surface area contributed by atoms with Gasteiger partial charge in [-0.05, 0) is 12.0 Å². The van der Waals surface area contributed by atoms with Crippen LogP contribution < -0.4 is 11.0 Å². The van der Waals surface area contributed by atoms with E-state index < -0.39 is 38.3 Å². The van der Waals surface area contributed by atoms with Gasteiger partial charge in [-0.25, -0.2) is 18.3 Å². The number of aryl methyl sites for hydroxylation is 1. The molecule has 2 N–H and O–H groups in total. The molecule has 0 fully saturated rings. The minimum atomic E-state index is -4.03. The number of hydrogen-bond donors (Lipinski definition) is 2. The molecule has 0 spiro atoms. The van der Waals surface area contributed by atoms with Gasteiger partial charge in [0.15, 0.2) is 14.6 Å². The van der Waals surface area contributed by atoms with Gasteiger partial charge in [0.2, 0.25) is 0 Å². The van der Waals surface area contributed by atoms with Crippen LogP contribution in [0.5, 0.6) is 0 Å². The summed E-state index contributed by atoms with van der Waals surface area (Å²) in [6.45, 7) is 3.08. The maximum atomic E-state index is 14.5. The van der Waals surface area contributed by atoms with Crippen molar-refractivity contribution < 1.29 is 22.8 Å². The van der Waals surface area contributed by atoms with Crippen LogP contribution in [-0.2, 0) is 21.2 Å². The summed E-state index contributed by atoms with van der Waals surface area (Å²) in [5.41, 5.74) is 1.38. The lowest BCUT2D eigenvalue weighted by Crippen LogP contribution is -2.50. The molecule has 9 heteroatoms. The van der Waals surface area contributed by atoms with E-state index in [1.807, 2.05) is 0 Å². The second-order valence-electron chi connectivity index (χ2n) is 5.99. The van der Waals surface area contributed by atoms with Gasteiger partial charge in [0.1, 0.15) is 5.82 Å². The highest BCUT2D eigenvalue weighted by Crippen LogP contribution is 2.25. The Morgan fingerprint density at radius 3 is 2.52 bits per heavy atom.